The van der Waals surface area contributed by atoms with Crippen molar-refractivity contribution < 1.29 is 9.47 Å². The summed E-state index contributed by atoms with van der Waals surface area (Å²) in [7, 11) is 5.20. The quantitative estimate of drug-likeness (QED) is 0.362. The Morgan fingerprint density at radius 1 is 1.18 bits per heavy atom. The molecule has 7 heteroatoms. The van der Waals surface area contributed by atoms with E-state index in [9.17, 15) is 0 Å². The molecule has 0 radical (unpaired) electrons. The number of nitrogens with one attached hydrogen (secondary N) is 2. The second-order valence-electron chi connectivity index (χ2n) is 7.03. The molecule has 1 unspecified atom stereocenters. The van der Waals surface area contributed by atoms with Crippen molar-refractivity contribution in [3.05, 3.63) is 18.2 Å². The van der Waals surface area contributed by atoms with Gasteiger partial charge < -0.3 is 29.9 Å². The molecule has 1 heterocycles. The Labute approximate surface area is 170 Å². The zero-order valence-corrected chi connectivity index (χ0v) is 18.1. The zero-order chi connectivity index (χ0) is 20.4. The van der Waals surface area contributed by atoms with E-state index in [4.69, 9.17) is 9.47 Å². The molecule has 158 valence electrons. The lowest BCUT2D eigenvalue weighted by Crippen LogP contribution is -2.45. The van der Waals surface area contributed by atoms with Gasteiger partial charge in [-0.05, 0) is 32.5 Å². The predicted molar refractivity (Wildman–Crippen MR) is 117 cm³/mol. The monoisotopic (exact) mass is 391 g/mol. The first-order valence-electron chi connectivity index (χ1n) is 10.3. The molecule has 0 amide bonds. The van der Waals surface area contributed by atoms with Crippen molar-refractivity contribution >= 4 is 11.6 Å². The third kappa shape index (κ3) is 6.48. The van der Waals surface area contributed by atoms with Gasteiger partial charge in [-0.15, -0.1) is 0 Å². The van der Waals surface area contributed by atoms with Gasteiger partial charge in [0.05, 0.1) is 14.2 Å². The maximum Gasteiger partial charge on any atom is 0.191 e. The van der Waals surface area contributed by atoms with Crippen LogP contribution in [0.15, 0.2) is 23.2 Å². The van der Waals surface area contributed by atoms with Crippen LogP contribution in [0.2, 0.25) is 0 Å². The molecule has 1 fully saturated rings. The number of ether oxygens (including phenoxy) is 2. The van der Waals surface area contributed by atoms with E-state index in [2.05, 4.69) is 51.4 Å². The summed E-state index contributed by atoms with van der Waals surface area (Å²) in [6, 6.07) is 6.39. The lowest BCUT2D eigenvalue weighted by molar-refractivity contribution is 0.300. The number of methoxy groups -OCH3 is 2. The highest BCUT2D eigenvalue weighted by molar-refractivity contribution is 5.80. The van der Waals surface area contributed by atoms with E-state index in [0.717, 1.165) is 75.3 Å². The molecular weight excluding hydrogens is 354 g/mol. The fraction of sp³-hybridized carbons (Fsp3) is 0.667. The predicted octanol–water partition coefficient (Wildman–Crippen LogP) is 2.18. The number of rotatable bonds is 10. The van der Waals surface area contributed by atoms with Gasteiger partial charge in [-0.3, -0.25) is 4.99 Å². The third-order valence-corrected chi connectivity index (χ3v) is 5.29. The van der Waals surface area contributed by atoms with Gasteiger partial charge in [0.15, 0.2) is 5.96 Å². The van der Waals surface area contributed by atoms with Crippen LogP contribution in [0.4, 0.5) is 5.69 Å². The molecule has 0 spiro atoms. The molecule has 0 saturated carbocycles. The number of hydrogen-bond acceptors (Lipinski definition) is 5. The number of guanidine groups is 1. The Balaban J connectivity index is 1.83. The summed E-state index contributed by atoms with van der Waals surface area (Å²) in [4.78, 5) is 9.18. The Morgan fingerprint density at radius 3 is 2.43 bits per heavy atom. The van der Waals surface area contributed by atoms with Gasteiger partial charge in [-0.2, -0.15) is 0 Å². The lowest BCUT2D eigenvalue weighted by atomic mass is 10.2. The third-order valence-electron chi connectivity index (χ3n) is 5.29. The largest absolute Gasteiger partial charge is 0.497 e. The average molecular weight is 392 g/mol. The Bertz CT molecular complexity index is 597. The molecule has 0 aliphatic carbocycles. The van der Waals surface area contributed by atoms with E-state index < -0.39 is 0 Å². The summed E-state index contributed by atoms with van der Waals surface area (Å²) in [6.45, 7) is 10.6. The summed E-state index contributed by atoms with van der Waals surface area (Å²) in [6.07, 6.45) is 2.18. The SMILES string of the molecule is CCN(CC)CCCNC(=NC)NC1CCN(c2cc(OC)cc(OC)c2)C1. The standard InChI is InChI=1S/C21H37N5O2/c1-6-25(7-2)11-8-10-23-21(22-3)24-17-9-12-26(16-17)18-13-19(27-4)15-20(14-18)28-5/h13-15,17H,6-12,16H2,1-5H3,(H2,22,23,24). The van der Waals surface area contributed by atoms with E-state index in [1.807, 2.05) is 13.1 Å². The van der Waals surface area contributed by atoms with Crippen LogP contribution in [0.1, 0.15) is 26.7 Å². The van der Waals surface area contributed by atoms with Crippen LogP contribution in [0.5, 0.6) is 11.5 Å². The van der Waals surface area contributed by atoms with Crippen LogP contribution in [0, 0.1) is 0 Å². The second-order valence-corrected chi connectivity index (χ2v) is 7.03. The molecule has 2 N–H and O–H groups in total. The normalized spacial score (nSPS) is 17.1. The summed E-state index contributed by atoms with van der Waals surface area (Å²) < 4.78 is 10.8. The fourth-order valence-corrected chi connectivity index (χ4v) is 3.52. The number of benzene rings is 1. The molecule has 0 aromatic heterocycles. The summed E-state index contributed by atoms with van der Waals surface area (Å²) in [5, 5.41) is 7.00. The lowest BCUT2D eigenvalue weighted by Gasteiger charge is -2.22. The van der Waals surface area contributed by atoms with Gasteiger partial charge in [-0.25, -0.2) is 0 Å². The Kier molecular flexibility index (Phi) is 9.20. The van der Waals surface area contributed by atoms with E-state index in [0.29, 0.717) is 6.04 Å². The van der Waals surface area contributed by atoms with Gasteiger partial charge in [-0.1, -0.05) is 13.8 Å². The maximum absolute atomic E-state index is 5.40. The molecule has 0 bridgehead atoms. The van der Waals surface area contributed by atoms with Crippen LogP contribution in [-0.2, 0) is 0 Å². The van der Waals surface area contributed by atoms with E-state index in [1.54, 1.807) is 14.2 Å². The van der Waals surface area contributed by atoms with E-state index in [-0.39, 0.29) is 0 Å². The van der Waals surface area contributed by atoms with E-state index >= 15 is 0 Å². The zero-order valence-electron chi connectivity index (χ0n) is 18.1. The van der Waals surface area contributed by atoms with Crippen molar-refractivity contribution in [1.82, 2.24) is 15.5 Å². The minimum absolute atomic E-state index is 0.367. The maximum atomic E-state index is 5.40. The molecule has 1 aliphatic rings. The first kappa shape index (κ1) is 22.1. The second kappa shape index (κ2) is 11.6. The van der Waals surface area contributed by atoms with Gasteiger partial charge in [0.2, 0.25) is 0 Å². The summed E-state index contributed by atoms with van der Waals surface area (Å²) in [5.41, 5.74) is 1.13. The van der Waals surface area contributed by atoms with Crippen LogP contribution < -0.4 is 25.0 Å². The molecule has 2 rings (SSSR count). The van der Waals surface area contributed by atoms with Crippen LogP contribution in [0.3, 0.4) is 0 Å². The van der Waals surface area contributed by atoms with Crippen molar-refractivity contribution in [2.24, 2.45) is 4.99 Å². The highest BCUT2D eigenvalue weighted by Gasteiger charge is 2.24. The number of aliphatic imine (C=N–C) groups is 1. The number of anilines is 1. The Hall–Kier alpha value is -2.15. The molecule has 1 atom stereocenters. The highest BCUT2D eigenvalue weighted by Crippen LogP contribution is 2.30. The van der Waals surface area contributed by atoms with Gasteiger partial charge in [0.25, 0.3) is 0 Å². The molecule has 28 heavy (non-hydrogen) atoms. The van der Waals surface area contributed by atoms with Crippen molar-refractivity contribution in [2.75, 3.05) is 65.4 Å². The molecule has 1 aromatic carbocycles. The highest BCUT2D eigenvalue weighted by atomic mass is 16.5. The van der Waals surface area contributed by atoms with Crippen LogP contribution >= 0.6 is 0 Å². The van der Waals surface area contributed by atoms with Crippen LogP contribution in [-0.4, -0.2) is 77.4 Å². The Morgan fingerprint density at radius 2 is 1.86 bits per heavy atom. The van der Waals surface area contributed by atoms with Crippen molar-refractivity contribution in [1.29, 1.82) is 0 Å². The average Bonchev–Trinajstić information content (AvgIpc) is 3.21. The first-order chi connectivity index (χ1) is 13.6. The van der Waals surface area contributed by atoms with Gasteiger partial charge >= 0.3 is 0 Å². The van der Waals surface area contributed by atoms with Crippen molar-refractivity contribution in [3.8, 4) is 11.5 Å². The minimum Gasteiger partial charge on any atom is -0.497 e. The number of hydrogen-bond donors (Lipinski definition) is 2. The molecular formula is C21H37N5O2. The first-order valence-corrected chi connectivity index (χ1v) is 10.3. The number of nitrogens with zero attached hydrogens (tertiary/aromatic N) is 3. The van der Waals surface area contributed by atoms with Crippen LogP contribution in [0.25, 0.3) is 0 Å². The minimum atomic E-state index is 0.367. The smallest absolute Gasteiger partial charge is 0.191 e. The molecule has 1 aliphatic heterocycles. The molecule has 1 aromatic rings. The van der Waals surface area contributed by atoms with E-state index in [1.165, 1.54) is 0 Å². The fourth-order valence-electron chi connectivity index (χ4n) is 3.52. The summed E-state index contributed by atoms with van der Waals surface area (Å²) >= 11 is 0. The summed E-state index contributed by atoms with van der Waals surface area (Å²) in [5.74, 6) is 2.52. The molecule has 1 saturated heterocycles. The van der Waals surface area contributed by atoms with Crippen molar-refractivity contribution in [3.63, 3.8) is 0 Å². The molecule has 7 nitrogen and oxygen atoms in total. The van der Waals surface area contributed by atoms with Gasteiger partial charge in [0.1, 0.15) is 11.5 Å². The van der Waals surface area contributed by atoms with Crippen molar-refractivity contribution in [2.45, 2.75) is 32.7 Å². The topological polar surface area (TPSA) is 61.4 Å². The van der Waals surface area contributed by atoms with Gasteiger partial charge in [0, 0.05) is 56.6 Å².